The monoisotopic (exact) mass is 442 g/mol. The molecule has 32 heavy (non-hydrogen) atoms. The van der Waals surface area contributed by atoms with Crippen molar-refractivity contribution in [1.29, 1.82) is 0 Å². The first-order valence-electron chi connectivity index (χ1n) is 10.9. The Bertz CT molecular complexity index is 1120. The van der Waals surface area contributed by atoms with Gasteiger partial charge >= 0.3 is 0 Å². The fourth-order valence-electron chi connectivity index (χ4n) is 3.98. The number of likely N-dealkylation sites (tertiary alicyclic amines) is 1. The van der Waals surface area contributed by atoms with Gasteiger partial charge in [-0.2, -0.15) is 10.1 Å². The zero-order valence-electron chi connectivity index (χ0n) is 18.6. The minimum Gasteiger partial charge on any atom is -0.351 e. The Labute approximate surface area is 185 Å². The first-order valence-corrected chi connectivity index (χ1v) is 10.9. The highest BCUT2D eigenvalue weighted by Gasteiger charge is 2.24. The molecule has 1 amide bonds. The van der Waals surface area contributed by atoms with Gasteiger partial charge in [0.25, 0.3) is 0 Å². The van der Waals surface area contributed by atoms with Gasteiger partial charge in [0.2, 0.25) is 11.9 Å². The number of hydrogen-bond acceptors (Lipinski definition) is 5. The predicted octanol–water partition coefficient (Wildman–Crippen LogP) is 3.87. The number of carbonyl (C=O) groups is 1. The molecule has 3 heterocycles. The van der Waals surface area contributed by atoms with Gasteiger partial charge in [-0.3, -0.25) is 9.89 Å². The summed E-state index contributed by atoms with van der Waals surface area (Å²) in [7, 11) is 0. The number of nitrogens with zero attached hydrogens (tertiary/aromatic N) is 4. The van der Waals surface area contributed by atoms with Gasteiger partial charge in [0.1, 0.15) is 11.6 Å². The molecule has 7 nitrogen and oxygen atoms in total. The Balaban J connectivity index is 1.32. The number of piperidine rings is 1. The van der Waals surface area contributed by atoms with Crippen LogP contribution in [0.15, 0.2) is 24.4 Å². The molecule has 0 atom stereocenters. The summed E-state index contributed by atoms with van der Waals surface area (Å²) in [4.78, 5) is 23.2. The molecule has 0 bridgehead atoms. The third-order valence-electron chi connectivity index (χ3n) is 5.64. The third-order valence-corrected chi connectivity index (χ3v) is 5.64. The number of hydrogen-bond donors (Lipinski definition) is 2. The van der Waals surface area contributed by atoms with Crippen molar-refractivity contribution < 1.29 is 13.6 Å². The van der Waals surface area contributed by atoms with Crippen LogP contribution >= 0.6 is 0 Å². The van der Waals surface area contributed by atoms with Gasteiger partial charge in [0.15, 0.2) is 5.65 Å². The number of rotatable bonds is 5. The van der Waals surface area contributed by atoms with E-state index in [-0.39, 0.29) is 29.3 Å². The molecule has 4 rings (SSSR count). The van der Waals surface area contributed by atoms with Gasteiger partial charge in [-0.1, -0.05) is 26.8 Å². The zero-order valence-corrected chi connectivity index (χ0v) is 18.6. The second-order valence-electron chi connectivity index (χ2n) is 9.58. The number of benzene rings is 1. The number of amides is 1. The van der Waals surface area contributed by atoms with Crippen molar-refractivity contribution in [2.45, 2.75) is 52.5 Å². The van der Waals surface area contributed by atoms with Gasteiger partial charge < -0.3 is 10.2 Å². The SMILES string of the molecule is CC(C)(C)Cc1[nH]nc2nc(NC3CCN(C(=O)Cc4ccc(F)cc4F)CC3)ncc12. The second kappa shape index (κ2) is 8.80. The minimum atomic E-state index is -0.688. The molecular weight excluding hydrogens is 414 g/mol. The number of aromatic amines is 1. The van der Waals surface area contributed by atoms with Crippen LogP contribution in [-0.4, -0.2) is 50.1 Å². The van der Waals surface area contributed by atoms with Gasteiger partial charge in [0, 0.05) is 37.1 Å². The highest BCUT2D eigenvalue weighted by atomic mass is 19.1. The molecule has 9 heteroatoms. The minimum absolute atomic E-state index is 0.0694. The number of carbonyl (C=O) groups excluding carboxylic acids is 1. The van der Waals surface area contributed by atoms with E-state index in [9.17, 15) is 13.6 Å². The maximum atomic E-state index is 13.8. The Kier molecular flexibility index (Phi) is 6.08. The molecule has 1 aliphatic rings. The molecule has 0 spiro atoms. The van der Waals surface area contributed by atoms with Crippen LogP contribution in [0.25, 0.3) is 11.0 Å². The average Bonchev–Trinajstić information content (AvgIpc) is 3.11. The topological polar surface area (TPSA) is 86.8 Å². The van der Waals surface area contributed by atoms with Crippen molar-refractivity contribution in [3.8, 4) is 0 Å². The number of fused-ring (bicyclic) bond motifs is 1. The van der Waals surface area contributed by atoms with E-state index in [1.165, 1.54) is 12.1 Å². The number of halogens is 2. The summed E-state index contributed by atoms with van der Waals surface area (Å²) in [5, 5.41) is 11.7. The van der Waals surface area contributed by atoms with E-state index in [0.29, 0.717) is 24.7 Å². The van der Waals surface area contributed by atoms with Crippen LogP contribution in [0.5, 0.6) is 0 Å². The molecule has 2 aromatic heterocycles. The van der Waals surface area contributed by atoms with Crippen molar-refractivity contribution in [2.75, 3.05) is 18.4 Å². The maximum absolute atomic E-state index is 13.8. The summed E-state index contributed by atoms with van der Waals surface area (Å²) >= 11 is 0. The van der Waals surface area contributed by atoms with E-state index in [1.807, 2.05) is 0 Å². The summed E-state index contributed by atoms with van der Waals surface area (Å²) in [6.07, 6.45) is 4.04. The van der Waals surface area contributed by atoms with Gasteiger partial charge in [-0.05, 0) is 36.3 Å². The first kappa shape index (κ1) is 22.1. The molecular formula is C23H28F2N6O. The number of nitrogens with one attached hydrogen (secondary N) is 2. The number of aromatic nitrogens is 4. The summed E-state index contributed by atoms with van der Waals surface area (Å²) in [5.74, 6) is -0.975. The molecule has 0 aliphatic carbocycles. The van der Waals surface area contributed by atoms with E-state index in [2.05, 4.69) is 46.3 Å². The van der Waals surface area contributed by atoms with Crippen molar-refractivity contribution in [2.24, 2.45) is 5.41 Å². The molecule has 170 valence electrons. The van der Waals surface area contributed by atoms with E-state index >= 15 is 0 Å². The highest BCUT2D eigenvalue weighted by molar-refractivity contribution is 5.79. The smallest absolute Gasteiger partial charge is 0.227 e. The summed E-state index contributed by atoms with van der Waals surface area (Å²) in [6.45, 7) is 7.62. The van der Waals surface area contributed by atoms with Crippen molar-refractivity contribution in [1.82, 2.24) is 25.1 Å². The van der Waals surface area contributed by atoms with E-state index in [0.717, 1.165) is 36.4 Å². The lowest BCUT2D eigenvalue weighted by molar-refractivity contribution is -0.131. The fraction of sp³-hybridized carbons (Fsp3) is 0.478. The molecule has 1 fully saturated rings. The lowest BCUT2D eigenvalue weighted by Gasteiger charge is -2.32. The van der Waals surface area contributed by atoms with Crippen molar-refractivity contribution in [3.63, 3.8) is 0 Å². The van der Waals surface area contributed by atoms with Crippen LogP contribution in [0, 0.1) is 17.0 Å². The Morgan fingerprint density at radius 3 is 2.69 bits per heavy atom. The quantitative estimate of drug-likeness (QED) is 0.627. The second-order valence-corrected chi connectivity index (χ2v) is 9.58. The Hall–Kier alpha value is -3.10. The number of anilines is 1. The standard InChI is InChI=1S/C23H28F2N6O/c1-23(2,3)12-19-17-13-26-22(28-21(17)30-29-19)27-16-6-8-31(9-7-16)20(32)10-14-4-5-15(24)11-18(14)25/h4-5,11,13,16H,6-10,12H2,1-3H3,(H2,26,27,28,29,30). The predicted molar refractivity (Wildman–Crippen MR) is 118 cm³/mol. The van der Waals surface area contributed by atoms with Crippen LogP contribution in [0.2, 0.25) is 0 Å². The zero-order chi connectivity index (χ0) is 22.9. The first-order chi connectivity index (χ1) is 15.2. The van der Waals surface area contributed by atoms with Gasteiger partial charge in [-0.25, -0.2) is 13.8 Å². The van der Waals surface area contributed by atoms with Crippen LogP contribution in [0.4, 0.5) is 14.7 Å². The van der Waals surface area contributed by atoms with Crippen LogP contribution < -0.4 is 5.32 Å². The maximum Gasteiger partial charge on any atom is 0.227 e. The van der Waals surface area contributed by atoms with Crippen molar-refractivity contribution >= 4 is 22.9 Å². The van der Waals surface area contributed by atoms with Crippen molar-refractivity contribution in [3.05, 3.63) is 47.3 Å². The van der Waals surface area contributed by atoms with E-state index in [1.54, 1.807) is 11.1 Å². The molecule has 0 unspecified atom stereocenters. The van der Waals surface area contributed by atoms with Crippen LogP contribution in [0.3, 0.4) is 0 Å². The van der Waals surface area contributed by atoms with Gasteiger partial charge in [-0.15, -0.1) is 0 Å². The molecule has 2 N–H and O–H groups in total. The van der Waals surface area contributed by atoms with Crippen LogP contribution in [0.1, 0.15) is 44.9 Å². The van der Waals surface area contributed by atoms with Gasteiger partial charge in [0.05, 0.1) is 11.8 Å². The third kappa shape index (κ3) is 5.20. The summed E-state index contributed by atoms with van der Waals surface area (Å²) < 4.78 is 26.9. The summed E-state index contributed by atoms with van der Waals surface area (Å²) in [5.41, 5.74) is 2.01. The Morgan fingerprint density at radius 2 is 2.00 bits per heavy atom. The largest absolute Gasteiger partial charge is 0.351 e. The number of H-pyrrole nitrogens is 1. The molecule has 1 aromatic carbocycles. The molecule has 0 radical (unpaired) electrons. The molecule has 1 aliphatic heterocycles. The Morgan fingerprint density at radius 1 is 1.25 bits per heavy atom. The normalized spacial score (nSPS) is 15.3. The lowest BCUT2D eigenvalue weighted by Crippen LogP contribution is -2.43. The molecule has 3 aromatic rings. The van der Waals surface area contributed by atoms with E-state index < -0.39 is 11.6 Å². The summed E-state index contributed by atoms with van der Waals surface area (Å²) in [6, 6.07) is 3.43. The lowest BCUT2D eigenvalue weighted by atomic mass is 9.90. The average molecular weight is 443 g/mol. The fourth-order valence-corrected chi connectivity index (χ4v) is 3.98. The van der Waals surface area contributed by atoms with Crippen LogP contribution in [-0.2, 0) is 17.6 Å². The molecule has 0 saturated carbocycles. The van der Waals surface area contributed by atoms with E-state index in [4.69, 9.17) is 0 Å². The highest BCUT2D eigenvalue weighted by Crippen LogP contribution is 2.24. The molecule has 1 saturated heterocycles.